The molecule has 0 aliphatic rings. The van der Waals surface area contributed by atoms with Gasteiger partial charge in [0.25, 0.3) is 5.91 Å². The Kier molecular flexibility index (Phi) is 3.99. The summed E-state index contributed by atoms with van der Waals surface area (Å²) in [5.41, 5.74) is 0.149. The Bertz CT molecular complexity index is 528. The molecule has 0 radical (unpaired) electrons. The largest absolute Gasteiger partial charge is 0.346 e. The van der Waals surface area contributed by atoms with E-state index < -0.39 is 0 Å². The zero-order chi connectivity index (χ0) is 12.3. The van der Waals surface area contributed by atoms with Crippen LogP contribution in [0.4, 0.5) is 0 Å². The number of pyridine rings is 1. The number of thiophene rings is 1. The highest BCUT2D eigenvalue weighted by Gasteiger charge is 2.12. The van der Waals surface area contributed by atoms with E-state index in [1.54, 1.807) is 23.5 Å². The number of halogens is 2. The lowest BCUT2D eigenvalue weighted by molar-refractivity contribution is 0.0946. The molecule has 2 rings (SSSR count). The van der Waals surface area contributed by atoms with Gasteiger partial charge in [-0.2, -0.15) is 0 Å². The van der Waals surface area contributed by atoms with Gasteiger partial charge in [-0.1, -0.05) is 29.3 Å². The van der Waals surface area contributed by atoms with Gasteiger partial charge in [-0.15, -0.1) is 11.3 Å². The van der Waals surface area contributed by atoms with Crippen LogP contribution in [0.3, 0.4) is 0 Å². The summed E-state index contributed by atoms with van der Waals surface area (Å²) in [4.78, 5) is 16.8. The summed E-state index contributed by atoms with van der Waals surface area (Å²) in [7, 11) is 0. The number of hydrogen-bond donors (Lipinski definition) is 1. The normalized spacial score (nSPS) is 10.2. The van der Waals surface area contributed by atoms with Crippen LogP contribution in [0.2, 0.25) is 10.2 Å². The molecule has 3 nitrogen and oxygen atoms in total. The van der Waals surface area contributed by atoms with Crippen molar-refractivity contribution in [2.45, 2.75) is 6.54 Å². The Morgan fingerprint density at radius 3 is 2.88 bits per heavy atom. The summed E-state index contributed by atoms with van der Waals surface area (Å²) in [6.07, 6.45) is 0. The quantitative estimate of drug-likeness (QED) is 0.879. The molecule has 2 heterocycles. The highest BCUT2D eigenvalue weighted by atomic mass is 35.5. The van der Waals surface area contributed by atoms with Crippen molar-refractivity contribution in [2.75, 3.05) is 0 Å². The van der Waals surface area contributed by atoms with Gasteiger partial charge in [0.2, 0.25) is 0 Å². The lowest BCUT2D eigenvalue weighted by atomic mass is 10.3. The molecule has 0 aliphatic heterocycles. The van der Waals surface area contributed by atoms with E-state index in [0.717, 1.165) is 4.88 Å². The van der Waals surface area contributed by atoms with Crippen LogP contribution in [-0.4, -0.2) is 10.9 Å². The SMILES string of the molecule is O=C(NCc1cccs1)c1nc(Cl)ccc1Cl. The predicted octanol–water partition coefficient (Wildman–Crippen LogP) is 3.38. The summed E-state index contributed by atoms with van der Waals surface area (Å²) < 4.78 is 0. The number of carbonyl (C=O) groups excluding carboxylic acids is 1. The van der Waals surface area contributed by atoms with Crippen molar-refractivity contribution in [1.29, 1.82) is 0 Å². The van der Waals surface area contributed by atoms with Crippen LogP contribution in [0.15, 0.2) is 29.6 Å². The van der Waals surface area contributed by atoms with Gasteiger partial charge < -0.3 is 5.32 Å². The van der Waals surface area contributed by atoms with Gasteiger partial charge in [-0.3, -0.25) is 4.79 Å². The van der Waals surface area contributed by atoms with Crippen LogP contribution in [0, 0.1) is 0 Å². The van der Waals surface area contributed by atoms with Gasteiger partial charge >= 0.3 is 0 Å². The molecule has 88 valence electrons. The molecule has 0 saturated heterocycles. The van der Waals surface area contributed by atoms with E-state index in [2.05, 4.69) is 10.3 Å². The first kappa shape index (κ1) is 12.4. The fraction of sp³-hybridized carbons (Fsp3) is 0.0909. The van der Waals surface area contributed by atoms with Crippen LogP contribution >= 0.6 is 34.5 Å². The van der Waals surface area contributed by atoms with Crippen molar-refractivity contribution in [1.82, 2.24) is 10.3 Å². The van der Waals surface area contributed by atoms with Crippen LogP contribution in [0.5, 0.6) is 0 Å². The van der Waals surface area contributed by atoms with Crippen LogP contribution in [0.1, 0.15) is 15.4 Å². The first-order chi connectivity index (χ1) is 8.16. The van der Waals surface area contributed by atoms with Crippen molar-refractivity contribution >= 4 is 40.4 Å². The van der Waals surface area contributed by atoms with E-state index in [1.807, 2.05) is 17.5 Å². The third-order valence-electron chi connectivity index (χ3n) is 2.03. The van der Waals surface area contributed by atoms with Gasteiger partial charge in [0, 0.05) is 4.88 Å². The lowest BCUT2D eigenvalue weighted by Gasteiger charge is -2.04. The molecule has 2 aromatic rings. The van der Waals surface area contributed by atoms with Gasteiger partial charge in [0.1, 0.15) is 10.8 Å². The molecule has 0 aromatic carbocycles. The zero-order valence-corrected chi connectivity index (χ0v) is 10.9. The highest BCUT2D eigenvalue weighted by Crippen LogP contribution is 2.17. The summed E-state index contributed by atoms with van der Waals surface area (Å²) in [6.45, 7) is 0.459. The number of rotatable bonds is 3. The predicted molar refractivity (Wildman–Crippen MR) is 69.7 cm³/mol. The van der Waals surface area contributed by atoms with E-state index in [1.165, 1.54) is 0 Å². The zero-order valence-electron chi connectivity index (χ0n) is 8.61. The van der Waals surface area contributed by atoms with Gasteiger partial charge in [-0.25, -0.2) is 4.98 Å². The van der Waals surface area contributed by atoms with E-state index in [4.69, 9.17) is 23.2 Å². The van der Waals surface area contributed by atoms with E-state index in [-0.39, 0.29) is 21.8 Å². The van der Waals surface area contributed by atoms with Crippen molar-refractivity contribution < 1.29 is 4.79 Å². The molecule has 0 fully saturated rings. The molecule has 0 saturated carbocycles. The van der Waals surface area contributed by atoms with Crippen LogP contribution < -0.4 is 5.32 Å². The van der Waals surface area contributed by atoms with E-state index >= 15 is 0 Å². The molecule has 1 N–H and O–H groups in total. The number of carbonyl (C=O) groups is 1. The van der Waals surface area contributed by atoms with E-state index in [0.29, 0.717) is 6.54 Å². The maximum absolute atomic E-state index is 11.8. The smallest absolute Gasteiger partial charge is 0.271 e. The van der Waals surface area contributed by atoms with Crippen molar-refractivity contribution in [3.8, 4) is 0 Å². The number of hydrogen-bond acceptors (Lipinski definition) is 3. The molecule has 0 unspecified atom stereocenters. The number of aromatic nitrogens is 1. The van der Waals surface area contributed by atoms with Crippen LogP contribution in [-0.2, 0) is 6.54 Å². The standard InChI is InChI=1S/C11H8Cl2N2OS/c12-8-3-4-9(13)15-10(8)11(16)14-6-7-2-1-5-17-7/h1-5H,6H2,(H,14,16). The molecule has 17 heavy (non-hydrogen) atoms. The van der Waals surface area contributed by atoms with Crippen molar-refractivity contribution in [2.24, 2.45) is 0 Å². The Morgan fingerprint density at radius 2 is 2.18 bits per heavy atom. The Labute approximate surface area is 112 Å². The molecule has 0 spiro atoms. The maximum atomic E-state index is 11.8. The molecular formula is C11H8Cl2N2OS. The average molecular weight is 287 g/mol. The van der Waals surface area contributed by atoms with Gasteiger partial charge in [-0.05, 0) is 23.6 Å². The molecule has 0 aliphatic carbocycles. The van der Waals surface area contributed by atoms with Gasteiger partial charge in [0.05, 0.1) is 11.6 Å². The minimum atomic E-state index is -0.328. The first-order valence-corrected chi connectivity index (χ1v) is 6.43. The molecule has 1 amide bonds. The summed E-state index contributed by atoms with van der Waals surface area (Å²) >= 11 is 13.2. The second-order valence-corrected chi connectivity index (χ2v) is 5.05. The summed E-state index contributed by atoms with van der Waals surface area (Å²) in [5.74, 6) is -0.328. The Morgan fingerprint density at radius 1 is 1.35 bits per heavy atom. The average Bonchev–Trinajstić information content (AvgIpc) is 2.82. The lowest BCUT2D eigenvalue weighted by Crippen LogP contribution is -2.23. The minimum Gasteiger partial charge on any atom is -0.346 e. The monoisotopic (exact) mass is 286 g/mol. The van der Waals surface area contributed by atoms with Crippen molar-refractivity contribution in [3.05, 3.63) is 50.4 Å². The van der Waals surface area contributed by atoms with E-state index in [9.17, 15) is 4.79 Å². The third kappa shape index (κ3) is 3.19. The topological polar surface area (TPSA) is 42.0 Å². The van der Waals surface area contributed by atoms with Crippen LogP contribution in [0.25, 0.3) is 0 Å². The molecule has 6 heteroatoms. The third-order valence-corrected chi connectivity index (χ3v) is 3.42. The molecular weight excluding hydrogens is 279 g/mol. The number of nitrogens with one attached hydrogen (secondary N) is 1. The highest BCUT2D eigenvalue weighted by molar-refractivity contribution is 7.09. The Hall–Kier alpha value is -1.10. The van der Waals surface area contributed by atoms with Crippen molar-refractivity contribution in [3.63, 3.8) is 0 Å². The second kappa shape index (κ2) is 5.49. The number of amides is 1. The number of nitrogens with zero attached hydrogens (tertiary/aromatic N) is 1. The summed E-state index contributed by atoms with van der Waals surface area (Å²) in [6, 6.07) is 6.96. The molecule has 2 aromatic heterocycles. The maximum Gasteiger partial charge on any atom is 0.271 e. The molecule has 0 atom stereocenters. The molecule has 0 bridgehead atoms. The fourth-order valence-corrected chi connectivity index (χ4v) is 2.23. The first-order valence-electron chi connectivity index (χ1n) is 4.79. The Balaban J connectivity index is 2.07. The second-order valence-electron chi connectivity index (χ2n) is 3.23. The summed E-state index contributed by atoms with van der Waals surface area (Å²) in [5, 5.41) is 5.22. The fourth-order valence-electron chi connectivity index (χ4n) is 1.24. The van der Waals surface area contributed by atoms with Gasteiger partial charge in [0.15, 0.2) is 0 Å². The minimum absolute atomic E-state index is 0.149.